The van der Waals surface area contributed by atoms with Crippen LogP contribution in [0.2, 0.25) is 0 Å². The van der Waals surface area contributed by atoms with Gasteiger partial charge in [-0.2, -0.15) is 0 Å². The van der Waals surface area contributed by atoms with E-state index in [0.29, 0.717) is 19.2 Å². The lowest BCUT2D eigenvalue weighted by molar-refractivity contribution is 0.0346. The Bertz CT molecular complexity index is 305. The Morgan fingerprint density at radius 1 is 0.778 bits per heavy atom. The maximum Gasteiger partial charge on any atom is 0.0897 e. The first kappa shape index (κ1) is 26.6. The largest absolute Gasteiger partial charge is 0.389 e. The van der Waals surface area contributed by atoms with Crippen LogP contribution in [0.4, 0.5) is 0 Å². The first-order valence-corrected chi connectivity index (χ1v) is 11.8. The van der Waals surface area contributed by atoms with E-state index >= 15 is 0 Å². The van der Waals surface area contributed by atoms with Crippen LogP contribution in [0.1, 0.15) is 111 Å². The quantitative estimate of drug-likeness (QED) is 0.178. The molecule has 162 valence electrons. The fraction of sp³-hybridized carbons (Fsp3) is 0.917. The van der Waals surface area contributed by atoms with Gasteiger partial charge in [-0.05, 0) is 32.1 Å². The lowest BCUT2D eigenvalue weighted by atomic mass is 10.1. The summed E-state index contributed by atoms with van der Waals surface area (Å²) < 4.78 is 5.55. The van der Waals surface area contributed by atoms with Crippen LogP contribution in [0.25, 0.3) is 0 Å². The fourth-order valence-electron chi connectivity index (χ4n) is 3.10. The van der Waals surface area contributed by atoms with Crippen LogP contribution in [0.15, 0.2) is 12.2 Å². The molecule has 0 radical (unpaired) electrons. The van der Waals surface area contributed by atoms with Gasteiger partial charge in [-0.3, -0.25) is 0 Å². The van der Waals surface area contributed by atoms with E-state index in [1.807, 2.05) is 0 Å². The Morgan fingerprint density at radius 2 is 1.30 bits per heavy atom. The minimum atomic E-state index is -0.387. The Balaban J connectivity index is 3.15. The highest BCUT2D eigenvalue weighted by Crippen LogP contribution is 2.10. The van der Waals surface area contributed by atoms with Crippen LogP contribution in [-0.4, -0.2) is 37.0 Å². The summed E-state index contributed by atoms with van der Waals surface area (Å²) in [5.74, 6) is 0. The van der Waals surface area contributed by atoms with Crippen LogP contribution < -0.4 is 5.32 Å². The molecule has 0 fully saturated rings. The van der Waals surface area contributed by atoms with Gasteiger partial charge in [-0.1, -0.05) is 90.7 Å². The Hall–Kier alpha value is -0.380. The van der Waals surface area contributed by atoms with E-state index in [2.05, 4.69) is 38.2 Å². The Labute approximate surface area is 170 Å². The van der Waals surface area contributed by atoms with E-state index in [-0.39, 0.29) is 6.10 Å². The highest BCUT2D eigenvalue weighted by atomic mass is 16.5. The predicted molar refractivity (Wildman–Crippen MR) is 119 cm³/mol. The van der Waals surface area contributed by atoms with Crippen molar-refractivity contribution in [1.29, 1.82) is 0 Å². The average molecular weight is 384 g/mol. The van der Waals surface area contributed by atoms with Crippen molar-refractivity contribution in [2.45, 2.75) is 123 Å². The molecule has 1 atom stereocenters. The molecule has 0 aliphatic heterocycles. The highest BCUT2D eigenvalue weighted by molar-refractivity contribution is 4.81. The summed E-state index contributed by atoms with van der Waals surface area (Å²) in [7, 11) is 0. The molecule has 0 rings (SSSR count). The molecular weight excluding hydrogens is 334 g/mol. The van der Waals surface area contributed by atoms with Gasteiger partial charge in [0.2, 0.25) is 0 Å². The molecule has 3 heteroatoms. The Kier molecular flexibility index (Phi) is 21.6. The van der Waals surface area contributed by atoms with Crippen LogP contribution in [0.5, 0.6) is 0 Å². The number of unbranched alkanes of at least 4 members (excludes halogenated alkanes) is 12. The van der Waals surface area contributed by atoms with E-state index in [1.54, 1.807) is 0 Å². The van der Waals surface area contributed by atoms with E-state index in [9.17, 15) is 5.11 Å². The van der Waals surface area contributed by atoms with Crippen molar-refractivity contribution in [2.24, 2.45) is 0 Å². The summed E-state index contributed by atoms with van der Waals surface area (Å²) >= 11 is 0. The van der Waals surface area contributed by atoms with Crippen LogP contribution >= 0.6 is 0 Å². The second-order valence-electron chi connectivity index (χ2n) is 8.23. The van der Waals surface area contributed by atoms with E-state index < -0.39 is 0 Å². The molecular formula is C24H49NO2. The van der Waals surface area contributed by atoms with Gasteiger partial charge in [0.05, 0.1) is 12.7 Å². The minimum Gasteiger partial charge on any atom is -0.389 e. The molecule has 0 aliphatic rings. The second-order valence-corrected chi connectivity index (χ2v) is 8.23. The lowest BCUT2D eigenvalue weighted by Gasteiger charge is -2.14. The van der Waals surface area contributed by atoms with Crippen LogP contribution in [-0.2, 0) is 4.74 Å². The molecule has 0 saturated heterocycles. The number of ether oxygens (including phenoxy) is 1. The molecule has 0 heterocycles. The van der Waals surface area contributed by atoms with E-state index in [4.69, 9.17) is 4.74 Å². The van der Waals surface area contributed by atoms with Crippen molar-refractivity contribution in [1.82, 2.24) is 5.32 Å². The molecule has 0 aromatic carbocycles. The summed E-state index contributed by atoms with van der Waals surface area (Å²) in [6, 6.07) is 0.412. The number of hydrogen-bond acceptors (Lipinski definition) is 3. The molecule has 27 heavy (non-hydrogen) atoms. The summed E-state index contributed by atoms with van der Waals surface area (Å²) in [4.78, 5) is 0. The summed E-state index contributed by atoms with van der Waals surface area (Å²) in [6.45, 7) is 8.29. The van der Waals surface area contributed by atoms with Crippen molar-refractivity contribution in [3.8, 4) is 0 Å². The standard InChI is InChI=1S/C24H49NO2/c1-4-5-6-7-8-9-10-11-12-13-14-15-16-17-18-19-20-27-22-24(26)21-25-23(2)3/h11-12,23-26H,4-10,13-22H2,1-3H3/b12-11-. The number of nitrogens with one attached hydrogen (secondary N) is 1. The molecule has 0 spiro atoms. The minimum absolute atomic E-state index is 0.387. The van der Waals surface area contributed by atoms with Crippen molar-refractivity contribution in [2.75, 3.05) is 19.8 Å². The van der Waals surface area contributed by atoms with Gasteiger partial charge in [-0.15, -0.1) is 0 Å². The van der Waals surface area contributed by atoms with Gasteiger partial charge in [0, 0.05) is 19.2 Å². The molecule has 0 aliphatic carbocycles. The zero-order chi connectivity index (χ0) is 20.0. The average Bonchev–Trinajstić information content (AvgIpc) is 2.65. The summed E-state index contributed by atoms with van der Waals surface area (Å²) in [6.07, 6.45) is 23.0. The van der Waals surface area contributed by atoms with Crippen LogP contribution in [0.3, 0.4) is 0 Å². The second kappa shape index (κ2) is 21.9. The van der Waals surface area contributed by atoms with Gasteiger partial charge in [0.1, 0.15) is 0 Å². The van der Waals surface area contributed by atoms with Gasteiger partial charge in [0.15, 0.2) is 0 Å². The van der Waals surface area contributed by atoms with Gasteiger partial charge in [-0.25, -0.2) is 0 Å². The highest BCUT2D eigenvalue weighted by Gasteiger charge is 2.04. The number of hydrogen-bond donors (Lipinski definition) is 2. The maximum atomic E-state index is 9.74. The first-order chi connectivity index (χ1) is 13.2. The molecule has 0 aromatic rings. The third-order valence-electron chi connectivity index (χ3n) is 4.87. The summed E-state index contributed by atoms with van der Waals surface area (Å²) in [5.41, 5.74) is 0. The third-order valence-corrected chi connectivity index (χ3v) is 4.87. The molecule has 0 aromatic heterocycles. The monoisotopic (exact) mass is 383 g/mol. The van der Waals surface area contributed by atoms with Crippen molar-refractivity contribution < 1.29 is 9.84 Å². The van der Waals surface area contributed by atoms with E-state index in [0.717, 1.165) is 13.0 Å². The number of rotatable bonds is 21. The normalized spacial score (nSPS) is 13.1. The summed E-state index contributed by atoms with van der Waals surface area (Å²) in [5, 5.41) is 13.0. The zero-order valence-corrected chi connectivity index (χ0v) is 18.7. The number of aliphatic hydroxyl groups excluding tert-OH is 1. The Morgan fingerprint density at radius 3 is 1.85 bits per heavy atom. The van der Waals surface area contributed by atoms with Crippen molar-refractivity contribution >= 4 is 0 Å². The predicted octanol–water partition coefficient (Wildman–Crippen LogP) is 6.40. The topological polar surface area (TPSA) is 41.5 Å². The zero-order valence-electron chi connectivity index (χ0n) is 18.7. The van der Waals surface area contributed by atoms with Gasteiger partial charge >= 0.3 is 0 Å². The molecule has 1 unspecified atom stereocenters. The maximum absolute atomic E-state index is 9.74. The number of aliphatic hydroxyl groups is 1. The van der Waals surface area contributed by atoms with E-state index in [1.165, 1.54) is 83.5 Å². The first-order valence-electron chi connectivity index (χ1n) is 11.8. The molecule has 3 nitrogen and oxygen atoms in total. The molecule has 0 bridgehead atoms. The smallest absolute Gasteiger partial charge is 0.0897 e. The fourth-order valence-corrected chi connectivity index (χ4v) is 3.10. The van der Waals surface area contributed by atoms with Gasteiger partial charge in [0.25, 0.3) is 0 Å². The SMILES string of the molecule is CCCCCCCC/C=C\CCCCCCCCOCC(O)CNC(C)C. The number of allylic oxidation sites excluding steroid dienone is 2. The van der Waals surface area contributed by atoms with Crippen LogP contribution in [0, 0.1) is 0 Å². The molecule has 2 N–H and O–H groups in total. The van der Waals surface area contributed by atoms with Crippen molar-refractivity contribution in [3.05, 3.63) is 12.2 Å². The molecule has 0 saturated carbocycles. The third kappa shape index (κ3) is 23.6. The van der Waals surface area contributed by atoms with Gasteiger partial charge < -0.3 is 15.2 Å². The molecule has 0 amide bonds. The lowest BCUT2D eigenvalue weighted by Crippen LogP contribution is -2.34. The van der Waals surface area contributed by atoms with Crippen molar-refractivity contribution in [3.63, 3.8) is 0 Å².